The molecule has 44 heavy (non-hydrogen) atoms. The predicted molar refractivity (Wildman–Crippen MR) is 162 cm³/mol. The van der Waals surface area contributed by atoms with Crippen molar-refractivity contribution >= 4 is 47.0 Å². The van der Waals surface area contributed by atoms with Crippen LogP contribution in [0.1, 0.15) is 73.5 Å². The number of hydrogen-bond donors (Lipinski definition) is 2. The van der Waals surface area contributed by atoms with Gasteiger partial charge in [0, 0.05) is 60.3 Å². The number of anilines is 1. The summed E-state index contributed by atoms with van der Waals surface area (Å²) in [5.41, 5.74) is 2.78. The SMILES string of the molecule is Cc1c(Cl)cc(NC(=O)CCc2ccc3c(c2)C(=O)N(C2CCC(=O)NC2=O)C3)cc1OC1CCN(C(=O)OC(C)(C)C)C1. The Labute approximate surface area is 261 Å². The smallest absolute Gasteiger partial charge is 0.410 e. The highest BCUT2D eigenvalue weighted by molar-refractivity contribution is 6.32. The number of fused-ring (bicyclic) bond motifs is 1. The zero-order chi connectivity index (χ0) is 31.8. The maximum Gasteiger partial charge on any atom is 0.410 e. The summed E-state index contributed by atoms with van der Waals surface area (Å²) in [6.45, 7) is 8.52. The van der Waals surface area contributed by atoms with E-state index in [9.17, 15) is 24.0 Å². The third-order valence-electron chi connectivity index (χ3n) is 7.90. The van der Waals surface area contributed by atoms with Gasteiger partial charge in [-0.25, -0.2) is 4.79 Å². The number of amides is 5. The number of halogens is 1. The summed E-state index contributed by atoms with van der Waals surface area (Å²) in [6.07, 6.45) is 1.09. The Kier molecular flexibility index (Phi) is 8.88. The summed E-state index contributed by atoms with van der Waals surface area (Å²) in [5, 5.41) is 5.63. The van der Waals surface area contributed by atoms with Gasteiger partial charge >= 0.3 is 6.09 Å². The second-order valence-electron chi connectivity index (χ2n) is 12.5. The fraction of sp³-hybridized carbons (Fsp3) is 0.469. The van der Waals surface area contributed by atoms with Crippen LogP contribution in [0.2, 0.25) is 5.02 Å². The molecule has 2 aromatic rings. The minimum atomic E-state index is -0.672. The Morgan fingerprint density at radius 2 is 1.89 bits per heavy atom. The molecule has 234 valence electrons. The zero-order valence-electron chi connectivity index (χ0n) is 25.3. The molecule has 5 rings (SSSR count). The normalized spacial score (nSPS) is 20.0. The monoisotopic (exact) mass is 624 g/mol. The summed E-state index contributed by atoms with van der Waals surface area (Å²) < 4.78 is 11.7. The number of ether oxygens (including phenoxy) is 2. The van der Waals surface area contributed by atoms with E-state index in [-0.39, 0.29) is 42.8 Å². The van der Waals surface area contributed by atoms with Gasteiger partial charge in [0.2, 0.25) is 17.7 Å². The van der Waals surface area contributed by atoms with Gasteiger partial charge in [0.1, 0.15) is 23.5 Å². The lowest BCUT2D eigenvalue weighted by molar-refractivity contribution is -0.137. The maximum atomic E-state index is 13.1. The summed E-state index contributed by atoms with van der Waals surface area (Å²) >= 11 is 6.47. The van der Waals surface area contributed by atoms with Crippen molar-refractivity contribution < 1.29 is 33.4 Å². The van der Waals surface area contributed by atoms with Crippen LogP contribution < -0.4 is 15.4 Å². The van der Waals surface area contributed by atoms with Crippen LogP contribution in [-0.4, -0.2) is 70.4 Å². The molecule has 2 saturated heterocycles. The molecule has 0 spiro atoms. The fourth-order valence-corrected chi connectivity index (χ4v) is 5.79. The number of carbonyl (C=O) groups is 5. The van der Waals surface area contributed by atoms with Gasteiger partial charge in [-0.15, -0.1) is 0 Å². The van der Waals surface area contributed by atoms with E-state index in [1.807, 2.05) is 39.8 Å². The number of benzene rings is 2. The van der Waals surface area contributed by atoms with Crippen LogP contribution in [0.25, 0.3) is 0 Å². The molecular weight excluding hydrogens is 588 g/mol. The van der Waals surface area contributed by atoms with E-state index >= 15 is 0 Å². The molecule has 3 heterocycles. The molecule has 0 saturated carbocycles. The van der Waals surface area contributed by atoms with Crippen molar-refractivity contribution in [2.24, 2.45) is 0 Å². The van der Waals surface area contributed by atoms with Crippen LogP contribution in [-0.2, 0) is 32.1 Å². The first-order valence-electron chi connectivity index (χ1n) is 14.8. The molecule has 2 fully saturated rings. The van der Waals surface area contributed by atoms with Crippen molar-refractivity contribution in [3.05, 3.63) is 57.6 Å². The van der Waals surface area contributed by atoms with Crippen LogP contribution >= 0.6 is 11.6 Å². The molecule has 0 aliphatic carbocycles. The van der Waals surface area contributed by atoms with Crippen LogP contribution in [0.3, 0.4) is 0 Å². The van der Waals surface area contributed by atoms with E-state index < -0.39 is 17.6 Å². The molecule has 0 aromatic heterocycles. The second kappa shape index (κ2) is 12.5. The predicted octanol–water partition coefficient (Wildman–Crippen LogP) is 4.37. The van der Waals surface area contributed by atoms with Crippen molar-refractivity contribution in [1.29, 1.82) is 0 Å². The van der Waals surface area contributed by atoms with Gasteiger partial charge in [0.25, 0.3) is 5.91 Å². The number of nitrogens with zero attached hydrogens (tertiary/aromatic N) is 2. The number of imide groups is 1. The van der Waals surface area contributed by atoms with Gasteiger partial charge in [-0.1, -0.05) is 23.7 Å². The van der Waals surface area contributed by atoms with E-state index in [0.717, 1.165) is 16.7 Å². The number of aryl methyl sites for hydroxylation is 1. The molecule has 5 amide bonds. The summed E-state index contributed by atoms with van der Waals surface area (Å²) in [4.78, 5) is 65.4. The summed E-state index contributed by atoms with van der Waals surface area (Å²) in [6, 6.07) is 8.23. The first kappa shape index (κ1) is 31.3. The lowest BCUT2D eigenvalue weighted by atomic mass is 10.0. The van der Waals surface area contributed by atoms with E-state index in [4.69, 9.17) is 21.1 Å². The molecule has 2 unspecified atom stereocenters. The van der Waals surface area contributed by atoms with Crippen molar-refractivity contribution in [2.45, 2.75) is 84.1 Å². The van der Waals surface area contributed by atoms with E-state index in [0.29, 0.717) is 60.9 Å². The van der Waals surface area contributed by atoms with Crippen LogP contribution in [0.5, 0.6) is 5.75 Å². The largest absolute Gasteiger partial charge is 0.488 e. The van der Waals surface area contributed by atoms with Crippen molar-refractivity contribution in [1.82, 2.24) is 15.1 Å². The molecular formula is C32H37ClN4O7. The van der Waals surface area contributed by atoms with Crippen LogP contribution in [0.15, 0.2) is 30.3 Å². The topological polar surface area (TPSA) is 134 Å². The lowest BCUT2D eigenvalue weighted by Crippen LogP contribution is -2.52. The van der Waals surface area contributed by atoms with Crippen molar-refractivity contribution in [3.8, 4) is 5.75 Å². The number of carbonyl (C=O) groups excluding carboxylic acids is 5. The molecule has 0 bridgehead atoms. The van der Waals surface area contributed by atoms with E-state index in [1.54, 1.807) is 23.1 Å². The highest BCUT2D eigenvalue weighted by atomic mass is 35.5. The Morgan fingerprint density at radius 1 is 1.11 bits per heavy atom. The quantitative estimate of drug-likeness (QED) is 0.437. The van der Waals surface area contributed by atoms with Gasteiger partial charge in [0.15, 0.2) is 0 Å². The summed E-state index contributed by atoms with van der Waals surface area (Å²) in [5.74, 6) is -0.728. The van der Waals surface area contributed by atoms with Gasteiger partial charge in [-0.05, 0) is 63.8 Å². The van der Waals surface area contributed by atoms with Gasteiger partial charge in [-0.3, -0.25) is 24.5 Å². The first-order valence-corrected chi connectivity index (χ1v) is 15.2. The fourth-order valence-electron chi connectivity index (χ4n) is 5.58. The third-order valence-corrected chi connectivity index (χ3v) is 8.30. The van der Waals surface area contributed by atoms with Crippen molar-refractivity contribution in [2.75, 3.05) is 18.4 Å². The lowest BCUT2D eigenvalue weighted by Gasteiger charge is -2.29. The molecule has 3 aliphatic heterocycles. The molecule has 2 N–H and O–H groups in total. The van der Waals surface area contributed by atoms with Crippen molar-refractivity contribution in [3.63, 3.8) is 0 Å². The number of piperidine rings is 1. The molecule has 2 atom stereocenters. The molecule has 3 aliphatic rings. The van der Waals surface area contributed by atoms with Gasteiger partial charge in [-0.2, -0.15) is 0 Å². The average molecular weight is 625 g/mol. The van der Waals surface area contributed by atoms with E-state index in [2.05, 4.69) is 10.6 Å². The summed E-state index contributed by atoms with van der Waals surface area (Å²) in [7, 11) is 0. The second-order valence-corrected chi connectivity index (χ2v) is 12.9. The molecule has 0 radical (unpaired) electrons. The molecule has 11 nitrogen and oxygen atoms in total. The molecule has 12 heteroatoms. The minimum absolute atomic E-state index is 0.166. The maximum absolute atomic E-state index is 13.1. The highest BCUT2D eigenvalue weighted by Gasteiger charge is 2.39. The Morgan fingerprint density at radius 3 is 2.61 bits per heavy atom. The Hall–Kier alpha value is -4.12. The first-order chi connectivity index (χ1) is 20.8. The highest BCUT2D eigenvalue weighted by Crippen LogP contribution is 2.33. The standard InChI is InChI=1S/C32H37ClN4O7/c1-18-24(33)14-21(15-26(18)43-22-11-12-36(17-22)31(42)44-32(2,3)4)34-27(38)9-6-19-5-7-20-16-37(30(41)23(20)13-19)25-8-10-28(39)35-29(25)40/h5,7,13-15,22,25H,6,8-12,16-17H2,1-4H3,(H,34,38)(H,35,39,40). The van der Waals surface area contributed by atoms with Gasteiger partial charge < -0.3 is 24.6 Å². The average Bonchev–Trinajstić information content (AvgIpc) is 3.54. The number of nitrogens with one attached hydrogen (secondary N) is 2. The van der Waals surface area contributed by atoms with Crippen LogP contribution in [0, 0.1) is 6.92 Å². The Bertz CT molecular complexity index is 1520. The van der Waals surface area contributed by atoms with Crippen LogP contribution in [0.4, 0.5) is 10.5 Å². The Balaban J connectivity index is 1.16. The van der Waals surface area contributed by atoms with E-state index in [1.165, 1.54) is 4.90 Å². The number of rotatable bonds is 7. The number of hydrogen-bond acceptors (Lipinski definition) is 7. The zero-order valence-corrected chi connectivity index (χ0v) is 26.1. The van der Waals surface area contributed by atoms with Gasteiger partial charge in [0.05, 0.1) is 6.54 Å². The minimum Gasteiger partial charge on any atom is -0.488 e. The number of likely N-dealkylation sites (tertiary alicyclic amines) is 1. The molecule has 2 aromatic carbocycles. The third kappa shape index (κ3) is 7.15.